The summed E-state index contributed by atoms with van der Waals surface area (Å²) in [5.74, 6) is 0.0490. The predicted octanol–water partition coefficient (Wildman–Crippen LogP) is 3.66. The summed E-state index contributed by atoms with van der Waals surface area (Å²) < 4.78 is 0. The first kappa shape index (κ1) is 16.7. The molecule has 2 heterocycles. The van der Waals surface area contributed by atoms with Crippen LogP contribution in [-0.2, 0) is 0 Å². The normalized spacial score (nSPS) is 15.2. The van der Waals surface area contributed by atoms with Gasteiger partial charge >= 0.3 is 0 Å². The zero-order valence-corrected chi connectivity index (χ0v) is 14.4. The largest absolute Gasteiger partial charge is 0.368 e. The molecule has 1 aliphatic heterocycles. The van der Waals surface area contributed by atoms with Gasteiger partial charge in [-0.2, -0.15) is 11.3 Å². The van der Waals surface area contributed by atoms with Gasteiger partial charge < -0.3 is 9.80 Å². The van der Waals surface area contributed by atoms with Crippen molar-refractivity contribution in [2.75, 3.05) is 31.1 Å². The van der Waals surface area contributed by atoms with Gasteiger partial charge in [0.05, 0.1) is 21.2 Å². The number of non-ortho nitro benzene ring substituents is 1. The number of carbonyl (C=O) groups excluding carboxylic acids is 1. The standard InChI is InChI=1S/C16H16ClN3O3S/c17-14-10-13(20(22)23)2-3-15(14)18-5-1-6-19(8-7-18)16(21)12-4-9-24-11-12/h2-4,9-11H,1,5-8H2. The molecule has 1 aromatic heterocycles. The Hall–Kier alpha value is -2.12. The van der Waals surface area contributed by atoms with Crippen molar-refractivity contribution in [3.63, 3.8) is 0 Å². The fourth-order valence-electron chi connectivity index (χ4n) is 2.80. The molecule has 1 saturated heterocycles. The third kappa shape index (κ3) is 3.52. The number of nitrogens with zero attached hydrogens (tertiary/aromatic N) is 3. The van der Waals surface area contributed by atoms with Crippen LogP contribution >= 0.6 is 22.9 Å². The third-order valence-corrected chi connectivity index (χ3v) is 5.02. The zero-order chi connectivity index (χ0) is 17.1. The molecule has 0 aliphatic carbocycles. The van der Waals surface area contributed by atoms with Crippen molar-refractivity contribution in [1.82, 2.24) is 4.90 Å². The van der Waals surface area contributed by atoms with E-state index in [0.29, 0.717) is 24.7 Å². The van der Waals surface area contributed by atoms with Crippen LogP contribution in [0.1, 0.15) is 16.8 Å². The topological polar surface area (TPSA) is 66.7 Å². The smallest absolute Gasteiger partial charge is 0.271 e. The third-order valence-electron chi connectivity index (χ3n) is 4.03. The lowest BCUT2D eigenvalue weighted by Gasteiger charge is -2.24. The van der Waals surface area contributed by atoms with Crippen LogP contribution in [0.15, 0.2) is 35.0 Å². The summed E-state index contributed by atoms with van der Waals surface area (Å²) >= 11 is 7.72. The Balaban J connectivity index is 1.72. The summed E-state index contributed by atoms with van der Waals surface area (Å²) in [7, 11) is 0. The number of hydrogen-bond donors (Lipinski definition) is 0. The highest BCUT2D eigenvalue weighted by Gasteiger charge is 2.22. The fraction of sp³-hybridized carbons (Fsp3) is 0.312. The molecule has 0 spiro atoms. The molecular formula is C16H16ClN3O3S. The van der Waals surface area contributed by atoms with E-state index in [0.717, 1.165) is 24.2 Å². The number of nitro benzene ring substituents is 1. The molecule has 6 nitrogen and oxygen atoms in total. The van der Waals surface area contributed by atoms with Crippen LogP contribution < -0.4 is 4.90 Å². The number of hydrogen-bond acceptors (Lipinski definition) is 5. The Bertz CT molecular complexity index is 751. The quantitative estimate of drug-likeness (QED) is 0.615. The zero-order valence-electron chi connectivity index (χ0n) is 12.9. The van der Waals surface area contributed by atoms with E-state index in [2.05, 4.69) is 4.90 Å². The average Bonchev–Trinajstić information content (AvgIpc) is 2.99. The molecule has 24 heavy (non-hydrogen) atoms. The van der Waals surface area contributed by atoms with Crippen LogP contribution in [0.25, 0.3) is 0 Å². The SMILES string of the molecule is O=C(c1ccsc1)N1CCCN(c2ccc([N+](=O)[O-])cc2Cl)CC1. The van der Waals surface area contributed by atoms with Gasteiger partial charge in [-0.1, -0.05) is 11.6 Å². The van der Waals surface area contributed by atoms with Crippen molar-refractivity contribution in [2.24, 2.45) is 0 Å². The number of rotatable bonds is 3. The molecule has 0 bridgehead atoms. The monoisotopic (exact) mass is 365 g/mol. The lowest BCUT2D eigenvalue weighted by atomic mass is 10.2. The van der Waals surface area contributed by atoms with Gasteiger partial charge in [0, 0.05) is 43.7 Å². The molecule has 0 radical (unpaired) electrons. The van der Waals surface area contributed by atoms with E-state index in [-0.39, 0.29) is 11.6 Å². The highest BCUT2D eigenvalue weighted by atomic mass is 35.5. The molecule has 3 rings (SSSR count). The fourth-order valence-corrected chi connectivity index (χ4v) is 3.72. The minimum atomic E-state index is -0.459. The Morgan fingerprint density at radius 1 is 1.21 bits per heavy atom. The van der Waals surface area contributed by atoms with Crippen molar-refractivity contribution in [3.05, 3.63) is 55.7 Å². The molecule has 126 valence electrons. The maximum atomic E-state index is 12.5. The van der Waals surface area contributed by atoms with Crippen molar-refractivity contribution >= 4 is 40.2 Å². The molecule has 0 unspecified atom stereocenters. The molecule has 0 atom stereocenters. The number of thiophene rings is 1. The average molecular weight is 366 g/mol. The van der Waals surface area contributed by atoms with Gasteiger partial charge in [0.15, 0.2) is 0 Å². The van der Waals surface area contributed by atoms with Gasteiger partial charge in [0.2, 0.25) is 0 Å². The Kier molecular flexibility index (Phi) is 5.01. The Morgan fingerprint density at radius 2 is 2.04 bits per heavy atom. The number of nitro groups is 1. The lowest BCUT2D eigenvalue weighted by Crippen LogP contribution is -2.35. The van der Waals surface area contributed by atoms with Crippen LogP contribution in [0.5, 0.6) is 0 Å². The summed E-state index contributed by atoms with van der Waals surface area (Å²) in [6, 6.07) is 6.34. The molecule has 8 heteroatoms. The minimum Gasteiger partial charge on any atom is -0.368 e. The predicted molar refractivity (Wildman–Crippen MR) is 95.2 cm³/mol. The van der Waals surface area contributed by atoms with Gasteiger partial charge in [0.25, 0.3) is 11.6 Å². The van der Waals surface area contributed by atoms with E-state index in [1.165, 1.54) is 23.5 Å². The summed E-state index contributed by atoms with van der Waals surface area (Å²) in [6.07, 6.45) is 0.823. The van der Waals surface area contributed by atoms with Crippen molar-refractivity contribution < 1.29 is 9.72 Å². The van der Waals surface area contributed by atoms with Crippen molar-refractivity contribution in [2.45, 2.75) is 6.42 Å². The summed E-state index contributed by atoms with van der Waals surface area (Å²) in [5, 5.41) is 14.9. The molecule has 1 aromatic carbocycles. The van der Waals surface area contributed by atoms with Crippen LogP contribution in [0.3, 0.4) is 0 Å². The Morgan fingerprint density at radius 3 is 2.71 bits per heavy atom. The highest BCUT2D eigenvalue weighted by molar-refractivity contribution is 7.08. The number of carbonyl (C=O) groups is 1. The highest BCUT2D eigenvalue weighted by Crippen LogP contribution is 2.30. The van der Waals surface area contributed by atoms with Gasteiger partial charge in [-0.05, 0) is 23.9 Å². The number of benzene rings is 1. The Labute approximate surface area is 148 Å². The van der Waals surface area contributed by atoms with Crippen molar-refractivity contribution in [1.29, 1.82) is 0 Å². The molecular weight excluding hydrogens is 350 g/mol. The van der Waals surface area contributed by atoms with Gasteiger partial charge in [0.1, 0.15) is 0 Å². The molecule has 1 fully saturated rings. The van der Waals surface area contributed by atoms with Crippen LogP contribution in [0.2, 0.25) is 5.02 Å². The molecule has 2 aromatic rings. The van der Waals surface area contributed by atoms with E-state index >= 15 is 0 Å². The van der Waals surface area contributed by atoms with Crippen LogP contribution in [0, 0.1) is 10.1 Å². The second kappa shape index (κ2) is 7.19. The second-order valence-electron chi connectivity index (χ2n) is 5.54. The van der Waals surface area contributed by atoms with Gasteiger partial charge in [-0.15, -0.1) is 0 Å². The van der Waals surface area contributed by atoms with Gasteiger partial charge in [-0.3, -0.25) is 14.9 Å². The van der Waals surface area contributed by atoms with Crippen LogP contribution in [-0.4, -0.2) is 41.9 Å². The second-order valence-corrected chi connectivity index (χ2v) is 6.72. The van der Waals surface area contributed by atoms with E-state index in [4.69, 9.17) is 11.6 Å². The summed E-state index contributed by atoms with van der Waals surface area (Å²) in [6.45, 7) is 2.69. The lowest BCUT2D eigenvalue weighted by molar-refractivity contribution is -0.384. The maximum absolute atomic E-state index is 12.5. The minimum absolute atomic E-state index is 0.0205. The van der Waals surface area contributed by atoms with E-state index < -0.39 is 4.92 Å². The summed E-state index contributed by atoms with van der Waals surface area (Å²) in [4.78, 5) is 26.7. The molecule has 0 N–H and O–H groups in total. The maximum Gasteiger partial charge on any atom is 0.271 e. The molecule has 1 amide bonds. The van der Waals surface area contributed by atoms with Crippen molar-refractivity contribution in [3.8, 4) is 0 Å². The first-order chi connectivity index (χ1) is 11.6. The number of anilines is 1. The number of amides is 1. The van der Waals surface area contributed by atoms with E-state index in [9.17, 15) is 14.9 Å². The number of halogens is 1. The van der Waals surface area contributed by atoms with Gasteiger partial charge in [-0.25, -0.2) is 0 Å². The van der Waals surface area contributed by atoms with Crippen LogP contribution in [0.4, 0.5) is 11.4 Å². The first-order valence-corrected chi connectivity index (χ1v) is 8.88. The van der Waals surface area contributed by atoms with E-state index in [1.807, 2.05) is 21.7 Å². The van der Waals surface area contributed by atoms with E-state index in [1.54, 1.807) is 6.07 Å². The molecule has 0 saturated carbocycles. The molecule has 1 aliphatic rings. The summed E-state index contributed by atoms with van der Waals surface area (Å²) in [5.41, 5.74) is 1.47. The first-order valence-electron chi connectivity index (χ1n) is 7.56.